The summed E-state index contributed by atoms with van der Waals surface area (Å²) in [4.78, 5) is 27.3. The van der Waals surface area contributed by atoms with Crippen molar-refractivity contribution >= 4 is 17.5 Å². The van der Waals surface area contributed by atoms with E-state index in [0.29, 0.717) is 6.54 Å². The van der Waals surface area contributed by atoms with Crippen LogP contribution in [0.2, 0.25) is 0 Å². The van der Waals surface area contributed by atoms with Crippen LogP contribution in [0, 0.1) is 11.3 Å². The summed E-state index contributed by atoms with van der Waals surface area (Å²) in [7, 11) is 1.22. The molecule has 0 unspecified atom stereocenters. The minimum absolute atomic E-state index is 0.240. The van der Waals surface area contributed by atoms with E-state index in [4.69, 9.17) is 5.26 Å². The van der Waals surface area contributed by atoms with Crippen LogP contribution in [-0.4, -0.2) is 31.2 Å². The number of rotatable bonds is 6. The van der Waals surface area contributed by atoms with Gasteiger partial charge in [-0.1, -0.05) is 35.5 Å². The Kier molecular flexibility index (Phi) is 6.27. The molecule has 20 heavy (non-hydrogen) atoms. The van der Waals surface area contributed by atoms with Crippen molar-refractivity contribution in [1.82, 2.24) is 10.6 Å². The lowest BCUT2D eigenvalue weighted by molar-refractivity contribution is -0.123. The van der Waals surface area contributed by atoms with E-state index in [9.17, 15) is 9.59 Å². The molecular weight excluding hydrogens is 260 g/mol. The predicted molar refractivity (Wildman–Crippen MR) is 71.4 cm³/mol. The van der Waals surface area contributed by atoms with Crippen molar-refractivity contribution in [2.75, 3.05) is 13.7 Å². The largest absolute Gasteiger partial charge is 0.398 e. The van der Waals surface area contributed by atoms with E-state index in [-0.39, 0.29) is 12.5 Å². The molecule has 0 aromatic heterocycles. The third kappa shape index (κ3) is 5.18. The Morgan fingerprint density at radius 2 is 2.00 bits per heavy atom. The smallest absolute Gasteiger partial charge is 0.284 e. The van der Waals surface area contributed by atoms with Crippen LogP contribution in [0.25, 0.3) is 0 Å². The molecule has 1 aromatic carbocycles. The Labute approximate surface area is 116 Å². The van der Waals surface area contributed by atoms with Crippen molar-refractivity contribution in [2.24, 2.45) is 5.16 Å². The van der Waals surface area contributed by atoms with Gasteiger partial charge in [0, 0.05) is 6.54 Å². The van der Waals surface area contributed by atoms with E-state index in [1.807, 2.05) is 30.3 Å². The molecule has 0 heterocycles. The molecule has 0 radical (unpaired) electrons. The number of nitrogens with one attached hydrogen (secondary N) is 2. The number of nitrogens with zero attached hydrogens (tertiary/aromatic N) is 2. The second-order valence-corrected chi connectivity index (χ2v) is 3.68. The zero-order valence-electron chi connectivity index (χ0n) is 10.9. The van der Waals surface area contributed by atoms with Gasteiger partial charge in [-0.2, -0.15) is 5.26 Å². The van der Waals surface area contributed by atoms with Crippen LogP contribution in [-0.2, 0) is 21.0 Å². The maximum atomic E-state index is 11.5. The van der Waals surface area contributed by atoms with Crippen LogP contribution in [0.15, 0.2) is 35.5 Å². The number of benzene rings is 1. The van der Waals surface area contributed by atoms with Gasteiger partial charge in [0.05, 0.1) is 6.54 Å². The van der Waals surface area contributed by atoms with Gasteiger partial charge in [-0.05, 0) is 5.56 Å². The van der Waals surface area contributed by atoms with Gasteiger partial charge in [-0.3, -0.25) is 9.59 Å². The first kappa shape index (κ1) is 15.2. The summed E-state index contributed by atoms with van der Waals surface area (Å²) in [5.41, 5.74) is 0.509. The van der Waals surface area contributed by atoms with Gasteiger partial charge in [0.15, 0.2) is 0 Å². The molecule has 0 aliphatic rings. The second kappa shape index (κ2) is 8.26. The summed E-state index contributed by atoms with van der Waals surface area (Å²) in [6.07, 6.45) is 0. The molecule has 0 saturated carbocycles. The van der Waals surface area contributed by atoms with Crippen LogP contribution < -0.4 is 10.6 Å². The molecule has 7 heteroatoms. The van der Waals surface area contributed by atoms with Gasteiger partial charge in [0.1, 0.15) is 13.2 Å². The van der Waals surface area contributed by atoms with Crippen molar-refractivity contribution in [2.45, 2.75) is 6.54 Å². The van der Waals surface area contributed by atoms with E-state index in [1.165, 1.54) is 7.11 Å². The zero-order valence-corrected chi connectivity index (χ0v) is 10.9. The highest BCUT2D eigenvalue weighted by Gasteiger charge is 2.12. The highest BCUT2D eigenvalue weighted by atomic mass is 16.6. The molecule has 0 bridgehead atoms. The topological polar surface area (TPSA) is 104 Å². The fourth-order valence-corrected chi connectivity index (χ4v) is 1.31. The minimum atomic E-state index is -0.760. The molecule has 1 rings (SSSR count). The standard InChI is InChI=1S/C13H14N4O3/c1-20-17-11(7-14)13(19)16-9-12(18)15-8-10-5-3-2-4-6-10/h2-6H,8-9H2,1H3,(H,15,18)(H,16,19)/b17-11+. The molecule has 0 spiro atoms. The van der Waals surface area contributed by atoms with Gasteiger partial charge in [-0.15, -0.1) is 0 Å². The number of oxime groups is 1. The fraction of sp³-hybridized carbons (Fsp3) is 0.231. The first-order valence-electron chi connectivity index (χ1n) is 5.77. The maximum Gasteiger partial charge on any atom is 0.284 e. The van der Waals surface area contributed by atoms with E-state index >= 15 is 0 Å². The number of amides is 2. The molecule has 1 aromatic rings. The Bertz CT molecular complexity index is 534. The van der Waals surface area contributed by atoms with Crippen LogP contribution in [0.3, 0.4) is 0 Å². The first-order chi connectivity index (χ1) is 9.67. The monoisotopic (exact) mass is 274 g/mol. The molecular formula is C13H14N4O3. The van der Waals surface area contributed by atoms with Crippen LogP contribution in [0.1, 0.15) is 5.56 Å². The van der Waals surface area contributed by atoms with E-state index < -0.39 is 11.6 Å². The Balaban J connectivity index is 2.35. The first-order valence-corrected chi connectivity index (χ1v) is 5.77. The molecule has 0 saturated heterocycles. The SMILES string of the molecule is CO/N=C(\C#N)C(=O)NCC(=O)NCc1ccccc1. The molecule has 0 atom stereocenters. The van der Waals surface area contributed by atoms with Crippen molar-refractivity contribution in [3.8, 4) is 6.07 Å². The van der Waals surface area contributed by atoms with Crippen LogP contribution in [0.4, 0.5) is 0 Å². The average Bonchev–Trinajstić information content (AvgIpc) is 2.49. The molecule has 2 N–H and O–H groups in total. The van der Waals surface area contributed by atoms with Crippen molar-refractivity contribution in [3.63, 3.8) is 0 Å². The second-order valence-electron chi connectivity index (χ2n) is 3.68. The third-order valence-corrected chi connectivity index (χ3v) is 2.25. The molecule has 2 amide bonds. The number of carbonyl (C=O) groups is 2. The molecule has 0 fully saturated rings. The van der Waals surface area contributed by atoms with Crippen molar-refractivity contribution < 1.29 is 14.4 Å². The summed E-state index contributed by atoms with van der Waals surface area (Å²) in [6.45, 7) is 0.128. The Morgan fingerprint density at radius 1 is 1.30 bits per heavy atom. The van der Waals surface area contributed by atoms with Gasteiger partial charge in [-0.25, -0.2) is 0 Å². The molecule has 0 aliphatic heterocycles. The lowest BCUT2D eigenvalue weighted by Gasteiger charge is -2.06. The summed E-state index contributed by atoms with van der Waals surface area (Å²) in [5.74, 6) is -1.12. The molecule has 0 aliphatic carbocycles. The van der Waals surface area contributed by atoms with Crippen LogP contribution in [0.5, 0.6) is 0 Å². The number of carbonyl (C=O) groups excluding carboxylic acids is 2. The average molecular weight is 274 g/mol. The predicted octanol–water partition coefficient (Wildman–Crippen LogP) is -0.0550. The lowest BCUT2D eigenvalue weighted by Crippen LogP contribution is -2.39. The summed E-state index contributed by atoms with van der Waals surface area (Å²) in [5, 5.41) is 16.8. The Morgan fingerprint density at radius 3 is 2.60 bits per heavy atom. The van der Waals surface area contributed by atoms with Crippen molar-refractivity contribution in [1.29, 1.82) is 5.26 Å². The van der Waals surface area contributed by atoms with Gasteiger partial charge in [0.25, 0.3) is 5.91 Å². The number of nitriles is 1. The van der Waals surface area contributed by atoms with E-state index in [0.717, 1.165) is 5.56 Å². The van der Waals surface area contributed by atoms with Gasteiger partial charge in [0.2, 0.25) is 11.6 Å². The number of hydrogen-bond donors (Lipinski definition) is 2. The summed E-state index contributed by atoms with van der Waals surface area (Å²) in [6, 6.07) is 10.9. The lowest BCUT2D eigenvalue weighted by atomic mass is 10.2. The highest BCUT2D eigenvalue weighted by Crippen LogP contribution is 1.96. The summed E-state index contributed by atoms with van der Waals surface area (Å²) < 4.78 is 0. The minimum Gasteiger partial charge on any atom is -0.398 e. The number of hydrogen-bond acceptors (Lipinski definition) is 5. The quantitative estimate of drug-likeness (QED) is 0.560. The van der Waals surface area contributed by atoms with E-state index in [1.54, 1.807) is 6.07 Å². The van der Waals surface area contributed by atoms with Gasteiger partial charge >= 0.3 is 0 Å². The zero-order chi connectivity index (χ0) is 14.8. The van der Waals surface area contributed by atoms with Crippen LogP contribution >= 0.6 is 0 Å². The molecule has 104 valence electrons. The highest BCUT2D eigenvalue weighted by molar-refractivity contribution is 6.45. The fourth-order valence-electron chi connectivity index (χ4n) is 1.31. The molecule has 7 nitrogen and oxygen atoms in total. The normalized spacial score (nSPS) is 10.3. The van der Waals surface area contributed by atoms with Crippen molar-refractivity contribution in [3.05, 3.63) is 35.9 Å². The maximum absolute atomic E-state index is 11.5. The summed E-state index contributed by atoms with van der Waals surface area (Å²) >= 11 is 0. The van der Waals surface area contributed by atoms with Gasteiger partial charge < -0.3 is 15.5 Å². The Hall–Kier alpha value is -2.88. The third-order valence-electron chi connectivity index (χ3n) is 2.25. The van der Waals surface area contributed by atoms with E-state index in [2.05, 4.69) is 20.6 Å².